The quantitative estimate of drug-likeness (QED) is 0.856. The largest absolute Gasteiger partial charge is 0.397 e. The maximum absolute atomic E-state index is 12.9. The molecule has 2 aromatic carbocycles. The van der Waals surface area contributed by atoms with E-state index in [0.29, 0.717) is 0 Å². The molecule has 2 aromatic rings. The molecule has 0 aliphatic rings. The highest BCUT2D eigenvalue weighted by molar-refractivity contribution is 7.92. The van der Waals surface area contributed by atoms with Gasteiger partial charge in [0.25, 0.3) is 10.0 Å². The predicted octanol–water partition coefficient (Wildman–Crippen LogP) is 2.86. The topological polar surface area (TPSA) is 72.2 Å². The number of nitrogens with one attached hydrogen (secondary N) is 1. The molecule has 0 amide bonds. The Morgan fingerprint density at radius 1 is 1.16 bits per heavy atom. The van der Waals surface area contributed by atoms with Crippen LogP contribution in [0.5, 0.6) is 0 Å². The van der Waals surface area contributed by atoms with E-state index >= 15 is 0 Å². The molecule has 0 aromatic heterocycles. The Kier molecular flexibility index (Phi) is 3.64. The maximum atomic E-state index is 12.9. The Morgan fingerprint density at radius 3 is 2.47 bits per heavy atom. The molecular weight excluding hydrogens is 291 g/mol. The summed E-state index contributed by atoms with van der Waals surface area (Å²) < 4.78 is 39.4. The van der Waals surface area contributed by atoms with Crippen molar-refractivity contribution in [3.8, 4) is 0 Å². The summed E-state index contributed by atoms with van der Waals surface area (Å²) in [6, 6.07) is 9.39. The summed E-state index contributed by atoms with van der Waals surface area (Å²) in [6.07, 6.45) is 0. The molecule has 7 heteroatoms. The first-order valence-electron chi connectivity index (χ1n) is 5.22. The van der Waals surface area contributed by atoms with Crippen LogP contribution in [-0.4, -0.2) is 8.42 Å². The van der Waals surface area contributed by atoms with Crippen molar-refractivity contribution >= 4 is 33.0 Å². The minimum absolute atomic E-state index is 0.00405. The van der Waals surface area contributed by atoms with Gasteiger partial charge in [0.1, 0.15) is 10.7 Å². The molecule has 0 saturated carbocycles. The monoisotopic (exact) mass is 300 g/mol. The average molecular weight is 301 g/mol. The average Bonchev–Trinajstić information content (AvgIpc) is 2.33. The first kappa shape index (κ1) is 13.6. The highest BCUT2D eigenvalue weighted by Crippen LogP contribution is 2.26. The zero-order valence-electron chi connectivity index (χ0n) is 9.60. The van der Waals surface area contributed by atoms with Crippen LogP contribution in [0.15, 0.2) is 47.4 Å². The van der Waals surface area contributed by atoms with Crippen molar-refractivity contribution in [2.45, 2.75) is 4.90 Å². The van der Waals surface area contributed by atoms with Gasteiger partial charge in [-0.3, -0.25) is 4.72 Å². The van der Waals surface area contributed by atoms with Gasteiger partial charge in [-0.05, 0) is 30.3 Å². The lowest BCUT2D eigenvalue weighted by atomic mass is 10.3. The van der Waals surface area contributed by atoms with Gasteiger partial charge in [-0.25, -0.2) is 12.8 Å². The molecule has 0 atom stereocenters. The second-order valence-electron chi connectivity index (χ2n) is 3.77. The number of nitrogens with two attached hydrogens (primary N) is 1. The molecule has 2 rings (SSSR count). The smallest absolute Gasteiger partial charge is 0.263 e. The molecule has 0 unspecified atom stereocenters. The van der Waals surface area contributed by atoms with Gasteiger partial charge in [-0.2, -0.15) is 0 Å². The molecule has 0 fully saturated rings. The molecule has 0 aliphatic carbocycles. The van der Waals surface area contributed by atoms with Gasteiger partial charge >= 0.3 is 0 Å². The maximum Gasteiger partial charge on any atom is 0.263 e. The van der Waals surface area contributed by atoms with Gasteiger partial charge in [0, 0.05) is 0 Å². The summed E-state index contributed by atoms with van der Waals surface area (Å²) in [4.78, 5) is -0.0691. The lowest BCUT2D eigenvalue weighted by molar-refractivity contribution is 0.601. The number of rotatable bonds is 3. The van der Waals surface area contributed by atoms with Crippen molar-refractivity contribution < 1.29 is 12.8 Å². The zero-order valence-corrected chi connectivity index (χ0v) is 11.2. The van der Waals surface area contributed by atoms with Gasteiger partial charge < -0.3 is 5.73 Å². The number of hydrogen-bond acceptors (Lipinski definition) is 3. The third-order valence-electron chi connectivity index (χ3n) is 2.38. The predicted molar refractivity (Wildman–Crippen MR) is 73.1 cm³/mol. The van der Waals surface area contributed by atoms with Crippen molar-refractivity contribution in [1.29, 1.82) is 0 Å². The van der Waals surface area contributed by atoms with Crippen LogP contribution in [0.2, 0.25) is 5.02 Å². The van der Waals surface area contributed by atoms with E-state index in [2.05, 4.69) is 4.72 Å². The molecule has 0 radical (unpaired) electrons. The Bertz CT molecular complexity index is 719. The third kappa shape index (κ3) is 2.97. The van der Waals surface area contributed by atoms with Gasteiger partial charge in [-0.1, -0.05) is 23.7 Å². The van der Waals surface area contributed by atoms with Crippen molar-refractivity contribution in [2.75, 3.05) is 10.5 Å². The SMILES string of the molecule is Nc1cc(F)ccc1NS(=O)(=O)c1ccccc1Cl. The van der Waals surface area contributed by atoms with E-state index in [1.54, 1.807) is 12.1 Å². The number of nitrogen functional groups attached to an aromatic ring is 1. The van der Waals surface area contributed by atoms with E-state index < -0.39 is 15.8 Å². The molecule has 0 saturated heterocycles. The molecule has 4 nitrogen and oxygen atoms in total. The standard InChI is InChI=1S/C12H10ClFN2O2S/c13-9-3-1-2-4-12(9)19(17,18)16-11-6-5-8(14)7-10(11)15/h1-7,16H,15H2. The van der Waals surface area contributed by atoms with Gasteiger partial charge in [0.2, 0.25) is 0 Å². The van der Waals surface area contributed by atoms with Gasteiger partial charge in [0.15, 0.2) is 0 Å². The summed E-state index contributed by atoms with van der Waals surface area (Å²) in [5, 5.41) is 0.0932. The van der Waals surface area contributed by atoms with Crippen molar-refractivity contribution in [2.24, 2.45) is 0 Å². The molecular formula is C12H10ClFN2O2S. The summed E-state index contributed by atoms with van der Waals surface area (Å²) in [6.45, 7) is 0. The summed E-state index contributed by atoms with van der Waals surface area (Å²) in [7, 11) is -3.86. The first-order valence-corrected chi connectivity index (χ1v) is 7.08. The van der Waals surface area contributed by atoms with E-state index in [4.69, 9.17) is 17.3 Å². The van der Waals surface area contributed by atoms with E-state index in [1.807, 2.05) is 0 Å². The van der Waals surface area contributed by atoms with E-state index in [1.165, 1.54) is 18.2 Å². The normalized spacial score (nSPS) is 11.3. The minimum atomic E-state index is -3.86. The second-order valence-corrected chi connectivity index (χ2v) is 5.83. The first-order chi connectivity index (χ1) is 8.90. The van der Waals surface area contributed by atoms with Crippen LogP contribution in [-0.2, 0) is 10.0 Å². The van der Waals surface area contributed by atoms with Crippen LogP contribution in [0.25, 0.3) is 0 Å². The molecule has 0 spiro atoms. The molecule has 0 bridgehead atoms. The highest BCUT2D eigenvalue weighted by atomic mass is 35.5. The third-order valence-corrected chi connectivity index (χ3v) is 4.25. The Balaban J connectivity index is 2.40. The Morgan fingerprint density at radius 2 is 1.84 bits per heavy atom. The van der Waals surface area contributed by atoms with Crippen molar-refractivity contribution in [3.05, 3.63) is 53.3 Å². The Labute approximate surface area is 115 Å². The molecule has 19 heavy (non-hydrogen) atoms. The number of benzene rings is 2. The summed E-state index contributed by atoms with van der Waals surface area (Å²) >= 11 is 5.83. The van der Waals surface area contributed by atoms with E-state index in [0.717, 1.165) is 12.1 Å². The number of anilines is 2. The van der Waals surface area contributed by atoms with Crippen LogP contribution in [0, 0.1) is 5.82 Å². The van der Waals surface area contributed by atoms with Crippen LogP contribution in [0.3, 0.4) is 0 Å². The number of halogens is 2. The minimum Gasteiger partial charge on any atom is -0.397 e. The number of hydrogen-bond donors (Lipinski definition) is 2. The Hall–Kier alpha value is -1.79. The van der Waals surface area contributed by atoms with Crippen LogP contribution >= 0.6 is 11.6 Å². The number of sulfonamides is 1. The van der Waals surface area contributed by atoms with Gasteiger partial charge in [-0.15, -0.1) is 0 Å². The second kappa shape index (κ2) is 5.07. The van der Waals surface area contributed by atoms with Gasteiger partial charge in [0.05, 0.1) is 16.4 Å². The van der Waals surface area contributed by atoms with Crippen LogP contribution in [0.4, 0.5) is 15.8 Å². The van der Waals surface area contributed by atoms with Crippen LogP contribution < -0.4 is 10.5 Å². The van der Waals surface area contributed by atoms with Crippen LogP contribution in [0.1, 0.15) is 0 Å². The van der Waals surface area contributed by atoms with E-state index in [-0.39, 0.29) is 21.3 Å². The van der Waals surface area contributed by atoms with Crippen molar-refractivity contribution in [1.82, 2.24) is 0 Å². The summed E-state index contributed by atoms with van der Waals surface area (Å²) in [5.74, 6) is -0.543. The fourth-order valence-electron chi connectivity index (χ4n) is 1.49. The lowest BCUT2D eigenvalue weighted by Crippen LogP contribution is -2.14. The molecule has 0 heterocycles. The summed E-state index contributed by atoms with van der Waals surface area (Å²) in [5.41, 5.74) is 5.64. The van der Waals surface area contributed by atoms with Crippen molar-refractivity contribution in [3.63, 3.8) is 0 Å². The fraction of sp³-hybridized carbons (Fsp3) is 0. The molecule has 3 N–H and O–H groups in total. The van der Waals surface area contributed by atoms with E-state index in [9.17, 15) is 12.8 Å². The zero-order chi connectivity index (χ0) is 14.0. The lowest BCUT2D eigenvalue weighted by Gasteiger charge is -2.11. The molecule has 100 valence electrons. The molecule has 0 aliphatic heterocycles. The highest BCUT2D eigenvalue weighted by Gasteiger charge is 2.18. The fourth-order valence-corrected chi connectivity index (χ4v) is 3.10.